The molecule has 0 aromatic carbocycles. The summed E-state index contributed by atoms with van der Waals surface area (Å²) in [4.78, 5) is 2.45. The van der Waals surface area contributed by atoms with Gasteiger partial charge in [-0.1, -0.05) is 27.2 Å². The summed E-state index contributed by atoms with van der Waals surface area (Å²) in [6.07, 6.45) is 2.57. The maximum absolute atomic E-state index is 3.49. The largest absolute Gasteiger partial charge is 0.316 e. The molecule has 0 aliphatic rings. The first-order chi connectivity index (χ1) is 6.95. The molecular formula is C13H30N2. The highest BCUT2D eigenvalue weighted by Crippen LogP contribution is 2.24. The Kier molecular flexibility index (Phi) is 7.20. The van der Waals surface area contributed by atoms with Gasteiger partial charge in [0.25, 0.3) is 0 Å². The van der Waals surface area contributed by atoms with E-state index in [4.69, 9.17) is 0 Å². The molecule has 0 amide bonds. The Balaban J connectivity index is 4.22. The monoisotopic (exact) mass is 214 g/mol. The zero-order chi connectivity index (χ0) is 11.9. The van der Waals surface area contributed by atoms with E-state index >= 15 is 0 Å². The van der Waals surface area contributed by atoms with Crippen LogP contribution in [0.5, 0.6) is 0 Å². The van der Waals surface area contributed by atoms with Crippen LogP contribution in [0, 0.1) is 5.41 Å². The van der Waals surface area contributed by atoms with Gasteiger partial charge in [-0.05, 0) is 39.3 Å². The smallest absolute Gasteiger partial charge is 0.00471 e. The third-order valence-corrected chi connectivity index (χ3v) is 3.17. The van der Waals surface area contributed by atoms with Crippen LogP contribution in [0.15, 0.2) is 0 Å². The van der Waals surface area contributed by atoms with Gasteiger partial charge in [0.15, 0.2) is 0 Å². The molecule has 92 valence electrons. The van der Waals surface area contributed by atoms with Crippen molar-refractivity contribution in [1.29, 1.82) is 0 Å². The molecule has 0 aliphatic carbocycles. The molecule has 0 aliphatic heterocycles. The Morgan fingerprint density at radius 3 is 2.27 bits per heavy atom. The van der Waals surface area contributed by atoms with E-state index in [1.165, 1.54) is 19.4 Å². The Labute approximate surface area is 96.4 Å². The van der Waals surface area contributed by atoms with Crippen molar-refractivity contribution in [3.63, 3.8) is 0 Å². The molecule has 1 unspecified atom stereocenters. The molecule has 2 heteroatoms. The number of hydrogen-bond acceptors (Lipinski definition) is 2. The first-order valence-electron chi connectivity index (χ1n) is 6.36. The number of rotatable bonds is 8. The average Bonchev–Trinajstić information content (AvgIpc) is 2.15. The van der Waals surface area contributed by atoms with Crippen molar-refractivity contribution in [3.05, 3.63) is 0 Å². The van der Waals surface area contributed by atoms with Gasteiger partial charge in [-0.2, -0.15) is 0 Å². The maximum atomic E-state index is 3.49. The number of hydrogen-bond donors (Lipinski definition) is 1. The Hall–Kier alpha value is -0.0800. The molecule has 15 heavy (non-hydrogen) atoms. The summed E-state index contributed by atoms with van der Waals surface area (Å²) in [5.41, 5.74) is 0.420. The van der Waals surface area contributed by atoms with Crippen molar-refractivity contribution < 1.29 is 0 Å². The van der Waals surface area contributed by atoms with Gasteiger partial charge < -0.3 is 10.2 Å². The van der Waals surface area contributed by atoms with Crippen LogP contribution in [-0.4, -0.2) is 37.6 Å². The first-order valence-corrected chi connectivity index (χ1v) is 6.36. The first kappa shape index (κ1) is 14.9. The summed E-state index contributed by atoms with van der Waals surface area (Å²) in [6.45, 7) is 14.8. The molecular weight excluding hydrogens is 184 g/mol. The third kappa shape index (κ3) is 6.16. The fourth-order valence-electron chi connectivity index (χ4n) is 2.04. The lowest BCUT2D eigenvalue weighted by Gasteiger charge is -2.35. The maximum Gasteiger partial charge on any atom is 0.00471 e. The lowest BCUT2D eigenvalue weighted by atomic mass is 9.84. The Morgan fingerprint density at radius 2 is 1.87 bits per heavy atom. The lowest BCUT2D eigenvalue weighted by Crippen LogP contribution is -2.43. The van der Waals surface area contributed by atoms with Gasteiger partial charge in [0, 0.05) is 19.1 Å². The van der Waals surface area contributed by atoms with Crippen LogP contribution < -0.4 is 5.32 Å². The molecule has 0 heterocycles. The second-order valence-corrected chi connectivity index (χ2v) is 5.35. The van der Waals surface area contributed by atoms with Crippen molar-refractivity contribution in [3.8, 4) is 0 Å². The molecule has 0 saturated carbocycles. The van der Waals surface area contributed by atoms with E-state index in [0.29, 0.717) is 11.5 Å². The SMILES string of the molecule is CCCC(C)(CNCC)CN(C)C(C)C. The predicted octanol–water partition coefficient (Wildman–Crippen LogP) is 2.74. The molecule has 0 rings (SSSR count). The van der Waals surface area contributed by atoms with Crippen molar-refractivity contribution >= 4 is 0 Å². The highest BCUT2D eigenvalue weighted by atomic mass is 15.1. The van der Waals surface area contributed by atoms with Gasteiger partial charge in [0.1, 0.15) is 0 Å². The van der Waals surface area contributed by atoms with Crippen molar-refractivity contribution in [2.75, 3.05) is 26.7 Å². The summed E-state index contributed by atoms with van der Waals surface area (Å²) in [5.74, 6) is 0. The third-order valence-electron chi connectivity index (χ3n) is 3.17. The van der Waals surface area contributed by atoms with Crippen LogP contribution in [0.2, 0.25) is 0 Å². The number of nitrogens with one attached hydrogen (secondary N) is 1. The predicted molar refractivity (Wildman–Crippen MR) is 69.3 cm³/mol. The molecule has 0 fully saturated rings. The van der Waals surface area contributed by atoms with Crippen LogP contribution >= 0.6 is 0 Å². The lowest BCUT2D eigenvalue weighted by molar-refractivity contribution is 0.149. The number of nitrogens with zero attached hydrogens (tertiary/aromatic N) is 1. The highest BCUT2D eigenvalue weighted by molar-refractivity contribution is 4.80. The zero-order valence-corrected chi connectivity index (χ0v) is 11.6. The molecule has 0 aromatic heterocycles. The van der Waals surface area contributed by atoms with Crippen LogP contribution in [-0.2, 0) is 0 Å². The molecule has 2 nitrogen and oxygen atoms in total. The second-order valence-electron chi connectivity index (χ2n) is 5.35. The average molecular weight is 214 g/mol. The van der Waals surface area contributed by atoms with Gasteiger partial charge in [0.05, 0.1) is 0 Å². The normalized spacial score (nSPS) is 16.0. The molecule has 0 spiro atoms. The molecule has 1 N–H and O–H groups in total. The Morgan fingerprint density at radius 1 is 1.27 bits per heavy atom. The van der Waals surface area contributed by atoms with E-state index in [1.54, 1.807) is 0 Å². The van der Waals surface area contributed by atoms with E-state index in [2.05, 4.69) is 51.9 Å². The molecule has 0 saturated heterocycles. The van der Waals surface area contributed by atoms with Crippen molar-refractivity contribution in [2.24, 2.45) is 5.41 Å². The van der Waals surface area contributed by atoms with Gasteiger partial charge in [-0.25, -0.2) is 0 Å². The minimum Gasteiger partial charge on any atom is -0.316 e. The van der Waals surface area contributed by atoms with Gasteiger partial charge in [0.2, 0.25) is 0 Å². The van der Waals surface area contributed by atoms with Crippen molar-refractivity contribution in [2.45, 2.75) is 53.5 Å². The zero-order valence-electron chi connectivity index (χ0n) is 11.6. The fourth-order valence-corrected chi connectivity index (χ4v) is 2.04. The topological polar surface area (TPSA) is 15.3 Å². The quantitative estimate of drug-likeness (QED) is 0.668. The summed E-state index contributed by atoms with van der Waals surface area (Å²) in [5, 5.41) is 3.49. The van der Waals surface area contributed by atoms with E-state index in [-0.39, 0.29) is 0 Å². The molecule has 1 atom stereocenters. The van der Waals surface area contributed by atoms with Gasteiger partial charge >= 0.3 is 0 Å². The standard InChI is InChI=1S/C13H30N2/c1-7-9-13(5,10-14-8-2)11-15(6)12(3)4/h12,14H,7-11H2,1-6H3. The van der Waals surface area contributed by atoms with Crippen LogP contribution in [0.1, 0.15) is 47.5 Å². The van der Waals surface area contributed by atoms with E-state index < -0.39 is 0 Å². The second kappa shape index (κ2) is 7.24. The van der Waals surface area contributed by atoms with Crippen LogP contribution in [0.3, 0.4) is 0 Å². The van der Waals surface area contributed by atoms with Gasteiger partial charge in [-0.3, -0.25) is 0 Å². The van der Waals surface area contributed by atoms with E-state index in [0.717, 1.165) is 13.1 Å². The summed E-state index contributed by atoms with van der Waals surface area (Å²) in [7, 11) is 2.23. The minimum atomic E-state index is 0.420. The molecule has 0 bridgehead atoms. The highest BCUT2D eigenvalue weighted by Gasteiger charge is 2.25. The van der Waals surface area contributed by atoms with Crippen LogP contribution in [0.25, 0.3) is 0 Å². The van der Waals surface area contributed by atoms with Crippen molar-refractivity contribution in [1.82, 2.24) is 10.2 Å². The summed E-state index contributed by atoms with van der Waals surface area (Å²) < 4.78 is 0. The molecule has 0 aromatic rings. The Bertz CT molecular complexity index is 157. The van der Waals surface area contributed by atoms with E-state index in [9.17, 15) is 0 Å². The summed E-state index contributed by atoms with van der Waals surface area (Å²) in [6, 6.07) is 0.641. The fraction of sp³-hybridized carbons (Fsp3) is 1.00. The summed E-state index contributed by atoms with van der Waals surface area (Å²) >= 11 is 0. The van der Waals surface area contributed by atoms with Crippen LogP contribution in [0.4, 0.5) is 0 Å². The molecule has 0 radical (unpaired) electrons. The van der Waals surface area contributed by atoms with E-state index in [1.807, 2.05) is 0 Å². The van der Waals surface area contributed by atoms with Gasteiger partial charge in [-0.15, -0.1) is 0 Å². The minimum absolute atomic E-state index is 0.420.